The smallest absolute Gasteiger partial charge is 0.0794 e. The Morgan fingerprint density at radius 1 is 1.40 bits per heavy atom. The maximum absolute atomic E-state index is 10.2. The SMILES string of the molecule is CCCNCc1ccc(N2CCCC(C)(O)C2)cc1C. The first-order valence-electron chi connectivity index (χ1n) is 7.79. The average molecular weight is 276 g/mol. The van der Waals surface area contributed by atoms with Gasteiger partial charge in [0.2, 0.25) is 0 Å². The first kappa shape index (κ1) is 15.3. The molecule has 2 N–H and O–H groups in total. The number of nitrogens with zero attached hydrogens (tertiary/aromatic N) is 1. The van der Waals surface area contributed by atoms with Crippen LogP contribution in [0.5, 0.6) is 0 Å². The highest BCUT2D eigenvalue weighted by molar-refractivity contribution is 5.51. The second-order valence-corrected chi connectivity index (χ2v) is 6.31. The van der Waals surface area contributed by atoms with Gasteiger partial charge in [0.1, 0.15) is 0 Å². The molecule has 3 heteroatoms. The van der Waals surface area contributed by atoms with Crippen LogP contribution in [0.4, 0.5) is 5.69 Å². The predicted molar refractivity (Wildman–Crippen MR) is 85.2 cm³/mol. The summed E-state index contributed by atoms with van der Waals surface area (Å²) in [5.74, 6) is 0. The molecule has 0 radical (unpaired) electrons. The number of β-amino-alcohol motifs (C(OH)–C–C–N with tert-alkyl or cyclic N) is 1. The van der Waals surface area contributed by atoms with Gasteiger partial charge in [-0.05, 0) is 62.9 Å². The third-order valence-electron chi connectivity index (χ3n) is 4.11. The highest BCUT2D eigenvalue weighted by Gasteiger charge is 2.28. The Balaban J connectivity index is 2.04. The molecule has 0 aromatic heterocycles. The minimum atomic E-state index is -0.548. The molecule has 1 unspecified atom stereocenters. The number of piperidine rings is 1. The molecule has 1 atom stereocenters. The molecular weight excluding hydrogens is 248 g/mol. The van der Waals surface area contributed by atoms with Gasteiger partial charge < -0.3 is 15.3 Å². The molecule has 1 saturated heterocycles. The molecule has 1 aliphatic rings. The van der Waals surface area contributed by atoms with E-state index in [0.29, 0.717) is 0 Å². The molecule has 1 fully saturated rings. The zero-order valence-corrected chi connectivity index (χ0v) is 13.1. The van der Waals surface area contributed by atoms with E-state index >= 15 is 0 Å². The number of nitrogens with one attached hydrogen (secondary N) is 1. The standard InChI is InChI=1S/C17H28N2O/c1-4-9-18-12-15-6-7-16(11-14(15)2)19-10-5-8-17(3,20)13-19/h6-7,11,18,20H,4-5,8-10,12-13H2,1-3H3. The number of aliphatic hydroxyl groups is 1. The molecule has 0 aliphatic carbocycles. The van der Waals surface area contributed by atoms with Crippen molar-refractivity contribution in [3.8, 4) is 0 Å². The Kier molecular flexibility index (Phi) is 5.06. The summed E-state index contributed by atoms with van der Waals surface area (Å²) in [5, 5.41) is 13.7. The van der Waals surface area contributed by atoms with E-state index in [1.165, 1.54) is 23.2 Å². The fourth-order valence-electron chi connectivity index (χ4n) is 2.92. The highest BCUT2D eigenvalue weighted by atomic mass is 16.3. The van der Waals surface area contributed by atoms with Crippen molar-refractivity contribution < 1.29 is 5.11 Å². The summed E-state index contributed by atoms with van der Waals surface area (Å²) in [6.07, 6.45) is 3.13. The summed E-state index contributed by atoms with van der Waals surface area (Å²) in [7, 11) is 0. The Bertz CT molecular complexity index is 443. The molecule has 0 spiro atoms. The maximum atomic E-state index is 10.2. The van der Waals surface area contributed by atoms with E-state index in [1.807, 2.05) is 6.92 Å². The maximum Gasteiger partial charge on any atom is 0.0794 e. The second-order valence-electron chi connectivity index (χ2n) is 6.31. The van der Waals surface area contributed by atoms with E-state index in [1.54, 1.807) is 0 Å². The van der Waals surface area contributed by atoms with E-state index in [0.717, 1.165) is 39.0 Å². The zero-order chi connectivity index (χ0) is 14.6. The summed E-state index contributed by atoms with van der Waals surface area (Å²) in [5.41, 5.74) is 3.39. The van der Waals surface area contributed by atoms with Crippen LogP contribution in [0.25, 0.3) is 0 Å². The molecule has 1 aromatic rings. The number of benzene rings is 1. The summed E-state index contributed by atoms with van der Waals surface area (Å²) in [6.45, 7) is 10.1. The number of hydrogen-bond donors (Lipinski definition) is 2. The molecule has 0 bridgehead atoms. The van der Waals surface area contributed by atoms with E-state index in [9.17, 15) is 5.11 Å². The number of hydrogen-bond acceptors (Lipinski definition) is 3. The topological polar surface area (TPSA) is 35.5 Å². The van der Waals surface area contributed by atoms with E-state index in [-0.39, 0.29) is 0 Å². The van der Waals surface area contributed by atoms with Crippen molar-refractivity contribution >= 4 is 5.69 Å². The van der Waals surface area contributed by atoms with Crippen LogP contribution in [0, 0.1) is 6.92 Å². The Labute approximate surface area is 123 Å². The second kappa shape index (κ2) is 6.59. The van der Waals surface area contributed by atoms with Gasteiger partial charge >= 0.3 is 0 Å². The van der Waals surface area contributed by atoms with Gasteiger partial charge in [0, 0.05) is 25.3 Å². The predicted octanol–water partition coefficient (Wildman–Crippen LogP) is 2.85. The van der Waals surface area contributed by atoms with Gasteiger partial charge in [-0.15, -0.1) is 0 Å². The number of anilines is 1. The van der Waals surface area contributed by atoms with Crippen LogP contribution in [-0.2, 0) is 6.54 Å². The van der Waals surface area contributed by atoms with Crippen molar-refractivity contribution in [1.29, 1.82) is 0 Å². The van der Waals surface area contributed by atoms with Crippen LogP contribution in [0.3, 0.4) is 0 Å². The molecule has 0 saturated carbocycles. The van der Waals surface area contributed by atoms with Crippen LogP contribution in [0.1, 0.15) is 44.2 Å². The van der Waals surface area contributed by atoms with Gasteiger partial charge in [-0.2, -0.15) is 0 Å². The average Bonchev–Trinajstić information content (AvgIpc) is 2.39. The van der Waals surface area contributed by atoms with Crippen LogP contribution in [0.15, 0.2) is 18.2 Å². The quantitative estimate of drug-likeness (QED) is 0.812. The molecular formula is C17H28N2O. The summed E-state index contributed by atoms with van der Waals surface area (Å²) in [6, 6.07) is 6.67. The third-order valence-corrected chi connectivity index (χ3v) is 4.11. The number of rotatable bonds is 5. The van der Waals surface area contributed by atoms with Gasteiger partial charge in [-0.1, -0.05) is 13.0 Å². The van der Waals surface area contributed by atoms with Crippen LogP contribution >= 0.6 is 0 Å². The minimum Gasteiger partial charge on any atom is -0.388 e. The van der Waals surface area contributed by atoms with Crippen LogP contribution in [-0.4, -0.2) is 30.3 Å². The monoisotopic (exact) mass is 276 g/mol. The van der Waals surface area contributed by atoms with Crippen LogP contribution in [0.2, 0.25) is 0 Å². The largest absolute Gasteiger partial charge is 0.388 e. The molecule has 1 heterocycles. The Hall–Kier alpha value is -1.06. The van der Waals surface area contributed by atoms with Crippen molar-refractivity contribution in [3.63, 3.8) is 0 Å². The van der Waals surface area contributed by atoms with Crippen molar-refractivity contribution in [2.75, 3.05) is 24.5 Å². The molecule has 112 valence electrons. The summed E-state index contributed by atoms with van der Waals surface area (Å²) < 4.78 is 0. The van der Waals surface area contributed by atoms with Crippen molar-refractivity contribution in [2.45, 2.75) is 52.2 Å². The molecule has 1 aliphatic heterocycles. The highest BCUT2D eigenvalue weighted by Crippen LogP contribution is 2.27. The van der Waals surface area contributed by atoms with Gasteiger partial charge in [0.25, 0.3) is 0 Å². The fraction of sp³-hybridized carbons (Fsp3) is 0.647. The van der Waals surface area contributed by atoms with E-state index < -0.39 is 5.60 Å². The van der Waals surface area contributed by atoms with Crippen molar-refractivity contribution in [1.82, 2.24) is 5.32 Å². The van der Waals surface area contributed by atoms with Gasteiger partial charge in [0.05, 0.1) is 5.60 Å². The first-order chi connectivity index (χ1) is 9.52. The lowest BCUT2D eigenvalue weighted by Crippen LogP contribution is -2.46. The third kappa shape index (κ3) is 3.97. The summed E-state index contributed by atoms with van der Waals surface area (Å²) in [4.78, 5) is 2.31. The minimum absolute atomic E-state index is 0.548. The lowest BCUT2D eigenvalue weighted by atomic mass is 9.94. The lowest BCUT2D eigenvalue weighted by Gasteiger charge is -2.38. The van der Waals surface area contributed by atoms with Gasteiger partial charge in [-0.3, -0.25) is 0 Å². The molecule has 20 heavy (non-hydrogen) atoms. The Morgan fingerprint density at radius 3 is 2.85 bits per heavy atom. The molecule has 0 amide bonds. The van der Waals surface area contributed by atoms with E-state index in [4.69, 9.17) is 0 Å². The number of aryl methyl sites for hydroxylation is 1. The van der Waals surface area contributed by atoms with Crippen molar-refractivity contribution in [2.24, 2.45) is 0 Å². The zero-order valence-electron chi connectivity index (χ0n) is 13.1. The molecule has 3 nitrogen and oxygen atoms in total. The normalized spacial score (nSPS) is 23.1. The van der Waals surface area contributed by atoms with Gasteiger partial charge in [-0.25, -0.2) is 0 Å². The summed E-state index contributed by atoms with van der Waals surface area (Å²) >= 11 is 0. The Morgan fingerprint density at radius 2 is 2.20 bits per heavy atom. The van der Waals surface area contributed by atoms with E-state index in [2.05, 4.69) is 42.3 Å². The first-order valence-corrected chi connectivity index (χ1v) is 7.79. The fourth-order valence-corrected chi connectivity index (χ4v) is 2.92. The lowest BCUT2D eigenvalue weighted by molar-refractivity contribution is 0.0449. The molecule has 1 aromatic carbocycles. The van der Waals surface area contributed by atoms with Gasteiger partial charge in [0.15, 0.2) is 0 Å². The molecule has 2 rings (SSSR count). The van der Waals surface area contributed by atoms with Crippen LogP contribution < -0.4 is 10.2 Å². The van der Waals surface area contributed by atoms with Crippen molar-refractivity contribution in [3.05, 3.63) is 29.3 Å².